The van der Waals surface area contributed by atoms with E-state index in [-0.39, 0.29) is 43.1 Å². The first-order valence-corrected chi connectivity index (χ1v) is 9.45. The molecule has 27 heavy (non-hydrogen) atoms. The summed E-state index contributed by atoms with van der Waals surface area (Å²) in [5, 5.41) is 2.65. The van der Waals surface area contributed by atoms with Gasteiger partial charge in [0, 0.05) is 19.6 Å². The minimum Gasteiger partial charge on any atom is -0.455 e. The summed E-state index contributed by atoms with van der Waals surface area (Å²) < 4.78 is 25.2. The second-order valence-electron chi connectivity index (χ2n) is 7.65. The maximum absolute atomic E-state index is 14.5. The van der Waals surface area contributed by atoms with Gasteiger partial charge in [-0.3, -0.25) is 9.59 Å². The van der Waals surface area contributed by atoms with E-state index in [0.717, 1.165) is 6.42 Å². The van der Waals surface area contributed by atoms with E-state index in [1.54, 1.807) is 12.1 Å². The van der Waals surface area contributed by atoms with Gasteiger partial charge in [-0.25, -0.2) is 4.39 Å². The van der Waals surface area contributed by atoms with Crippen LogP contribution >= 0.6 is 0 Å². The van der Waals surface area contributed by atoms with Gasteiger partial charge in [0.25, 0.3) is 5.91 Å². The number of carbonyl (C=O) groups excluding carboxylic acids is 2. The molecule has 6 nitrogen and oxygen atoms in total. The molecule has 0 spiro atoms. The third kappa shape index (κ3) is 5.19. The molecule has 7 heteroatoms. The number of amides is 1. The van der Waals surface area contributed by atoms with Crippen LogP contribution in [0.1, 0.15) is 32.8 Å². The van der Waals surface area contributed by atoms with Crippen molar-refractivity contribution in [1.29, 1.82) is 0 Å². The third-order valence-electron chi connectivity index (χ3n) is 5.02. The van der Waals surface area contributed by atoms with Gasteiger partial charge in [-0.2, -0.15) is 0 Å². The summed E-state index contributed by atoms with van der Waals surface area (Å²) in [5.41, 5.74) is 1.20. The lowest BCUT2D eigenvalue weighted by atomic mass is 10.1. The molecule has 1 N–H and O–H groups in total. The summed E-state index contributed by atoms with van der Waals surface area (Å²) >= 11 is 0. The minimum absolute atomic E-state index is 0.0495. The van der Waals surface area contributed by atoms with Gasteiger partial charge in [0.15, 0.2) is 6.61 Å². The van der Waals surface area contributed by atoms with Gasteiger partial charge in [-0.15, -0.1) is 0 Å². The third-order valence-corrected chi connectivity index (χ3v) is 5.02. The molecule has 0 unspecified atom stereocenters. The van der Waals surface area contributed by atoms with Gasteiger partial charge in [0.1, 0.15) is 5.82 Å². The van der Waals surface area contributed by atoms with Crippen molar-refractivity contribution >= 4 is 17.6 Å². The second kappa shape index (κ2) is 8.25. The van der Waals surface area contributed by atoms with Crippen molar-refractivity contribution in [2.24, 2.45) is 11.8 Å². The number of hydrogen-bond acceptors (Lipinski definition) is 5. The number of halogens is 1. The molecule has 0 radical (unpaired) electrons. The van der Waals surface area contributed by atoms with Gasteiger partial charge in [-0.1, -0.05) is 13.0 Å². The normalized spacial score (nSPS) is 27.2. The molecule has 1 aromatic carbocycles. The molecular weight excluding hydrogens is 351 g/mol. The Hall–Kier alpha value is -2.15. The zero-order chi connectivity index (χ0) is 19.6. The molecule has 1 aromatic rings. The van der Waals surface area contributed by atoms with Crippen molar-refractivity contribution in [3.05, 3.63) is 29.6 Å². The first-order valence-electron chi connectivity index (χ1n) is 9.45. The van der Waals surface area contributed by atoms with E-state index in [0.29, 0.717) is 30.3 Å². The summed E-state index contributed by atoms with van der Waals surface area (Å²) in [6.45, 7) is 7.09. The second-order valence-corrected chi connectivity index (χ2v) is 7.65. The SMILES string of the molecule is C[C@@H]1CN(c2ccc(CNC(=O)COC(=O)[C@@H]3C[C@H]3C)cc2F)C[C@H](C)O1. The Labute approximate surface area is 159 Å². The highest BCUT2D eigenvalue weighted by molar-refractivity contribution is 5.82. The van der Waals surface area contributed by atoms with Crippen molar-refractivity contribution in [1.82, 2.24) is 5.32 Å². The van der Waals surface area contributed by atoms with Crippen molar-refractivity contribution in [3.8, 4) is 0 Å². The lowest BCUT2D eigenvalue weighted by Crippen LogP contribution is -2.45. The highest BCUT2D eigenvalue weighted by atomic mass is 19.1. The Bertz CT molecular complexity index is 701. The first-order chi connectivity index (χ1) is 12.8. The lowest BCUT2D eigenvalue weighted by Gasteiger charge is -2.37. The molecule has 1 saturated carbocycles. The average Bonchev–Trinajstić information content (AvgIpc) is 3.34. The molecule has 148 valence electrons. The van der Waals surface area contributed by atoms with E-state index in [9.17, 15) is 14.0 Å². The first kappa shape index (κ1) is 19.6. The molecule has 3 rings (SSSR count). The van der Waals surface area contributed by atoms with Crippen LogP contribution in [0.15, 0.2) is 18.2 Å². The Morgan fingerprint density at radius 2 is 1.93 bits per heavy atom. The molecule has 1 amide bonds. The van der Waals surface area contributed by atoms with Gasteiger partial charge in [0.05, 0.1) is 23.8 Å². The number of esters is 1. The van der Waals surface area contributed by atoms with E-state index >= 15 is 0 Å². The molecule has 1 saturated heterocycles. The summed E-state index contributed by atoms with van der Waals surface area (Å²) in [7, 11) is 0. The molecule has 1 aliphatic carbocycles. The number of ether oxygens (including phenoxy) is 2. The molecule has 1 aliphatic heterocycles. The van der Waals surface area contributed by atoms with E-state index in [2.05, 4.69) is 5.32 Å². The molecule has 0 aromatic heterocycles. The minimum atomic E-state index is -0.392. The van der Waals surface area contributed by atoms with Gasteiger partial charge < -0.3 is 19.7 Å². The fourth-order valence-corrected chi connectivity index (χ4v) is 3.44. The molecule has 2 aliphatic rings. The van der Waals surface area contributed by atoms with Crippen LogP contribution in [-0.2, 0) is 25.6 Å². The Morgan fingerprint density at radius 1 is 1.26 bits per heavy atom. The number of anilines is 1. The van der Waals surface area contributed by atoms with Crippen LogP contribution in [-0.4, -0.2) is 43.8 Å². The predicted octanol–water partition coefficient (Wildman–Crippen LogP) is 2.25. The van der Waals surface area contributed by atoms with Crippen LogP contribution in [0.25, 0.3) is 0 Å². The molecular formula is C20H27FN2O4. The highest BCUT2D eigenvalue weighted by Crippen LogP contribution is 2.38. The van der Waals surface area contributed by atoms with Crippen LogP contribution < -0.4 is 10.2 Å². The monoisotopic (exact) mass is 378 g/mol. The van der Waals surface area contributed by atoms with Crippen molar-refractivity contribution in [2.75, 3.05) is 24.6 Å². The zero-order valence-electron chi connectivity index (χ0n) is 16.0. The Balaban J connectivity index is 1.48. The van der Waals surface area contributed by atoms with Crippen LogP contribution in [0.4, 0.5) is 10.1 Å². The van der Waals surface area contributed by atoms with E-state index in [1.165, 1.54) is 6.07 Å². The molecule has 4 atom stereocenters. The zero-order valence-corrected chi connectivity index (χ0v) is 16.0. The summed E-state index contributed by atoms with van der Waals surface area (Å²) in [6.07, 6.45) is 0.925. The number of morpholine rings is 1. The highest BCUT2D eigenvalue weighted by Gasteiger charge is 2.40. The maximum atomic E-state index is 14.5. The van der Waals surface area contributed by atoms with E-state index in [1.807, 2.05) is 25.7 Å². The standard InChI is InChI=1S/C20H27FN2O4/c1-12-6-16(12)20(25)26-11-19(24)22-8-15-4-5-18(17(21)7-15)23-9-13(2)27-14(3)10-23/h4-5,7,12-14,16H,6,8-11H2,1-3H3,(H,22,24)/t12-,13-,14+,16-/m1/s1. The topological polar surface area (TPSA) is 67.9 Å². The Kier molecular flexibility index (Phi) is 5.99. The number of carbonyl (C=O) groups is 2. The van der Waals surface area contributed by atoms with Crippen LogP contribution in [0.2, 0.25) is 0 Å². The summed E-state index contributed by atoms with van der Waals surface area (Å²) in [4.78, 5) is 25.4. The van der Waals surface area contributed by atoms with Crippen LogP contribution in [0.5, 0.6) is 0 Å². The van der Waals surface area contributed by atoms with Crippen molar-refractivity contribution in [2.45, 2.75) is 45.9 Å². The number of nitrogens with zero attached hydrogens (tertiary/aromatic N) is 1. The average molecular weight is 378 g/mol. The Morgan fingerprint density at radius 3 is 2.52 bits per heavy atom. The molecule has 2 fully saturated rings. The number of hydrogen-bond donors (Lipinski definition) is 1. The largest absolute Gasteiger partial charge is 0.455 e. The number of rotatable bonds is 6. The fourth-order valence-electron chi connectivity index (χ4n) is 3.44. The van der Waals surface area contributed by atoms with Gasteiger partial charge >= 0.3 is 5.97 Å². The summed E-state index contributed by atoms with van der Waals surface area (Å²) in [5.74, 6) is -0.749. The van der Waals surface area contributed by atoms with E-state index < -0.39 is 5.91 Å². The molecule has 0 bridgehead atoms. The van der Waals surface area contributed by atoms with Gasteiger partial charge in [-0.05, 0) is 43.9 Å². The van der Waals surface area contributed by atoms with Gasteiger partial charge in [0.2, 0.25) is 0 Å². The smallest absolute Gasteiger partial charge is 0.309 e. The fraction of sp³-hybridized carbons (Fsp3) is 0.600. The number of benzene rings is 1. The maximum Gasteiger partial charge on any atom is 0.309 e. The number of nitrogens with one attached hydrogen (secondary N) is 1. The van der Waals surface area contributed by atoms with E-state index in [4.69, 9.17) is 9.47 Å². The van der Waals surface area contributed by atoms with Crippen molar-refractivity contribution in [3.63, 3.8) is 0 Å². The predicted molar refractivity (Wildman–Crippen MR) is 98.7 cm³/mol. The quantitative estimate of drug-likeness (QED) is 0.769. The summed E-state index contributed by atoms with van der Waals surface area (Å²) in [6, 6.07) is 4.95. The lowest BCUT2D eigenvalue weighted by molar-refractivity contribution is -0.150. The van der Waals surface area contributed by atoms with Crippen LogP contribution in [0.3, 0.4) is 0 Å². The molecule has 1 heterocycles. The van der Waals surface area contributed by atoms with Crippen molar-refractivity contribution < 1.29 is 23.5 Å². The van der Waals surface area contributed by atoms with Crippen LogP contribution in [0, 0.1) is 17.7 Å².